The lowest BCUT2D eigenvalue weighted by atomic mass is 10.0. The van der Waals surface area contributed by atoms with Crippen LogP contribution >= 0.6 is 0 Å². The SMILES string of the molecule is CCCc1ccc2c(c1)C(=O)c1nc3ccccc3c(=O)n1-2. The van der Waals surface area contributed by atoms with Crippen LogP contribution in [-0.4, -0.2) is 15.3 Å². The van der Waals surface area contributed by atoms with Gasteiger partial charge in [-0.05, 0) is 36.2 Å². The molecule has 0 fully saturated rings. The summed E-state index contributed by atoms with van der Waals surface area (Å²) in [6, 6.07) is 12.8. The molecule has 0 aliphatic carbocycles. The number of benzene rings is 2. The highest BCUT2D eigenvalue weighted by atomic mass is 16.1. The number of ketones is 1. The van der Waals surface area contributed by atoms with E-state index in [0.29, 0.717) is 22.2 Å². The minimum absolute atomic E-state index is 0.171. The molecule has 3 aromatic rings. The molecule has 0 spiro atoms. The smallest absolute Gasteiger partial charge is 0.266 e. The number of rotatable bonds is 2. The summed E-state index contributed by atoms with van der Waals surface area (Å²) in [5.74, 6) is 0.0446. The van der Waals surface area contributed by atoms with E-state index in [4.69, 9.17) is 0 Å². The Balaban J connectivity index is 2.04. The second-order valence-electron chi connectivity index (χ2n) is 5.52. The quantitative estimate of drug-likeness (QED) is 0.570. The summed E-state index contributed by atoms with van der Waals surface area (Å²) in [7, 11) is 0. The second-order valence-corrected chi connectivity index (χ2v) is 5.52. The van der Waals surface area contributed by atoms with Crippen LogP contribution in [0, 0.1) is 0 Å². The van der Waals surface area contributed by atoms with E-state index in [-0.39, 0.29) is 17.2 Å². The van der Waals surface area contributed by atoms with E-state index in [2.05, 4.69) is 11.9 Å². The summed E-state index contributed by atoms with van der Waals surface area (Å²) in [4.78, 5) is 29.7. The molecule has 0 saturated heterocycles. The minimum Gasteiger partial charge on any atom is -0.285 e. The van der Waals surface area contributed by atoms with Crippen LogP contribution in [0.2, 0.25) is 0 Å². The van der Waals surface area contributed by atoms with Gasteiger partial charge in [-0.3, -0.25) is 14.2 Å². The number of hydrogen-bond donors (Lipinski definition) is 0. The standard InChI is InChI=1S/C18H14N2O2/c1-2-5-11-8-9-15-13(10-11)16(21)17-19-14-7-4-3-6-12(14)18(22)20(15)17/h3-4,6-10H,2,5H2,1H3. The third-order valence-electron chi connectivity index (χ3n) is 4.06. The fourth-order valence-corrected chi connectivity index (χ4v) is 3.03. The molecular weight excluding hydrogens is 276 g/mol. The third-order valence-corrected chi connectivity index (χ3v) is 4.06. The monoisotopic (exact) mass is 290 g/mol. The van der Waals surface area contributed by atoms with Gasteiger partial charge in [0.1, 0.15) is 0 Å². The summed E-state index contributed by atoms with van der Waals surface area (Å²) in [5.41, 5.74) is 2.71. The first-order chi connectivity index (χ1) is 10.7. The first-order valence-electron chi connectivity index (χ1n) is 7.40. The molecule has 22 heavy (non-hydrogen) atoms. The Hall–Kier alpha value is -2.75. The van der Waals surface area contributed by atoms with Crippen LogP contribution in [0.15, 0.2) is 47.3 Å². The highest BCUT2D eigenvalue weighted by molar-refractivity contribution is 6.13. The summed E-state index contributed by atoms with van der Waals surface area (Å²) in [6.45, 7) is 2.10. The van der Waals surface area contributed by atoms with Gasteiger partial charge in [0.15, 0.2) is 5.82 Å². The van der Waals surface area contributed by atoms with Gasteiger partial charge in [0.05, 0.1) is 22.2 Å². The van der Waals surface area contributed by atoms with E-state index in [1.54, 1.807) is 18.2 Å². The number of hydrogen-bond acceptors (Lipinski definition) is 3. The zero-order valence-electron chi connectivity index (χ0n) is 12.2. The fourth-order valence-electron chi connectivity index (χ4n) is 3.03. The molecule has 0 N–H and O–H groups in total. The van der Waals surface area contributed by atoms with E-state index in [1.165, 1.54) is 4.57 Å². The topological polar surface area (TPSA) is 52.0 Å². The van der Waals surface area contributed by atoms with E-state index in [1.807, 2.05) is 24.3 Å². The maximum atomic E-state index is 12.7. The predicted octanol–water partition coefficient (Wildman–Crippen LogP) is 2.88. The molecule has 4 rings (SSSR count). The molecule has 4 nitrogen and oxygen atoms in total. The molecular formula is C18H14N2O2. The predicted molar refractivity (Wildman–Crippen MR) is 84.8 cm³/mol. The van der Waals surface area contributed by atoms with E-state index in [9.17, 15) is 9.59 Å². The Labute approximate surface area is 127 Å². The fraction of sp³-hybridized carbons (Fsp3) is 0.167. The Kier molecular flexibility index (Phi) is 2.73. The van der Waals surface area contributed by atoms with Crippen molar-refractivity contribution in [2.24, 2.45) is 0 Å². The maximum absolute atomic E-state index is 12.7. The van der Waals surface area contributed by atoms with E-state index >= 15 is 0 Å². The van der Waals surface area contributed by atoms with Gasteiger partial charge in [-0.2, -0.15) is 0 Å². The lowest BCUT2D eigenvalue weighted by Gasteiger charge is -2.06. The molecule has 0 unspecified atom stereocenters. The summed E-state index contributed by atoms with van der Waals surface area (Å²) in [6.07, 6.45) is 1.93. The van der Waals surface area contributed by atoms with Gasteiger partial charge in [-0.1, -0.05) is 31.5 Å². The molecule has 0 radical (unpaired) electrons. The molecule has 4 heteroatoms. The zero-order valence-corrected chi connectivity index (χ0v) is 12.2. The molecule has 1 aliphatic rings. The van der Waals surface area contributed by atoms with Gasteiger partial charge in [-0.15, -0.1) is 0 Å². The average Bonchev–Trinajstić information content (AvgIpc) is 2.81. The lowest BCUT2D eigenvalue weighted by Crippen LogP contribution is -2.21. The number of nitrogens with zero attached hydrogens (tertiary/aromatic N) is 2. The molecule has 1 aliphatic heterocycles. The van der Waals surface area contributed by atoms with Crippen LogP contribution in [-0.2, 0) is 6.42 Å². The van der Waals surface area contributed by atoms with Crippen LogP contribution in [0.25, 0.3) is 16.6 Å². The minimum atomic E-state index is -0.184. The summed E-state index contributed by atoms with van der Waals surface area (Å²) in [5, 5.41) is 0.532. The average molecular weight is 290 g/mol. The van der Waals surface area contributed by atoms with Crippen molar-refractivity contribution in [2.45, 2.75) is 19.8 Å². The third kappa shape index (κ3) is 1.67. The molecule has 2 heterocycles. The van der Waals surface area contributed by atoms with Crippen molar-refractivity contribution in [3.05, 3.63) is 69.8 Å². The van der Waals surface area contributed by atoms with Crippen LogP contribution in [0.5, 0.6) is 0 Å². The molecule has 1 aromatic heterocycles. The van der Waals surface area contributed by atoms with E-state index < -0.39 is 0 Å². The summed E-state index contributed by atoms with van der Waals surface area (Å²) < 4.78 is 1.44. The Morgan fingerprint density at radius 3 is 2.73 bits per heavy atom. The number of fused-ring (bicyclic) bond motifs is 4. The number of carbonyl (C=O) groups is 1. The van der Waals surface area contributed by atoms with Crippen molar-refractivity contribution in [3.8, 4) is 5.69 Å². The Morgan fingerprint density at radius 2 is 1.91 bits per heavy atom. The van der Waals surface area contributed by atoms with Crippen molar-refractivity contribution in [1.82, 2.24) is 9.55 Å². The summed E-state index contributed by atoms with van der Waals surface area (Å²) >= 11 is 0. The highest BCUT2D eigenvalue weighted by Gasteiger charge is 2.30. The van der Waals surface area contributed by atoms with Crippen molar-refractivity contribution in [2.75, 3.05) is 0 Å². The van der Waals surface area contributed by atoms with E-state index in [0.717, 1.165) is 18.4 Å². The highest BCUT2D eigenvalue weighted by Crippen LogP contribution is 2.27. The molecule has 0 amide bonds. The molecule has 0 atom stereocenters. The van der Waals surface area contributed by atoms with Crippen molar-refractivity contribution >= 4 is 16.7 Å². The first-order valence-corrected chi connectivity index (χ1v) is 7.40. The van der Waals surface area contributed by atoms with Gasteiger partial charge >= 0.3 is 0 Å². The molecule has 0 saturated carbocycles. The lowest BCUT2D eigenvalue weighted by molar-refractivity contribution is 0.103. The van der Waals surface area contributed by atoms with Gasteiger partial charge in [0.2, 0.25) is 5.78 Å². The van der Waals surface area contributed by atoms with Crippen LogP contribution in [0.1, 0.15) is 35.1 Å². The molecule has 2 aromatic carbocycles. The first kappa shape index (κ1) is 13.0. The van der Waals surface area contributed by atoms with Gasteiger partial charge < -0.3 is 0 Å². The number of carbonyl (C=O) groups excluding carboxylic acids is 1. The largest absolute Gasteiger partial charge is 0.285 e. The maximum Gasteiger partial charge on any atom is 0.266 e. The second kappa shape index (κ2) is 4.63. The van der Waals surface area contributed by atoms with Crippen LogP contribution in [0.3, 0.4) is 0 Å². The Bertz CT molecular complexity index is 986. The van der Waals surface area contributed by atoms with Crippen molar-refractivity contribution in [3.63, 3.8) is 0 Å². The van der Waals surface area contributed by atoms with Crippen LogP contribution in [0.4, 0.5) is 0 Å². The zero-order chi connectivity index (χ0) is 15.3. The van der Waals surface area contributed by atoms with Crippen molar-refractivity contribution < 1.29 is 4.79 Å². The number of aryl methyl sites for hydroxylation is 1. The Morgan fingerprint density at radius 1 is 1.09 bits per heavy atom. The number of aromatic nitrogens is 2. The molecule has 0 bridgehead atoms. The van der Waals surface area contributed by atoms with Gasteiger partial charge in [0.25, 0.3) is 5.56 Å². The van der Waals surface area contributed by atoms with Crippen LogP contribution < -0.4 is 5.56 Å². The van der Waals surface area contributed by atoms with Gasteiger partial charge in [0, 0.05) is 0 Å². The van der Waals surface area contributed by atoms with Crippen molar-refractivity contribution in [1.29, 1.82) is 0 Å². The molecule has 108 valence electrons. The van der Waals surface area contributed by atoms with Gasteiger partial charge in [-0.25, -0.2) is 4.98 Å². The normalized spacial score (nSPS) is 12.5. The number of para-hydroxylation sites is 1.